The number of methoxy groups -OCH3 is 3. The Morgan fingerprint density at radius 3 is 2.33 bits per heavy atom. The average Bonchev–Trinajstić information content (AvgIpc) is 3.23. The molecule has 18 nitrogen and oxygen atoms in total. The van der Waals surface area contributed by atoms with Crippen LogP contribution in [0.4, 0.5) is 0 Å². The minimum absolute atomic E-state index is 0.00835. The number of aryl methyl sites for hydroxylation is 1. The van der Waals surface area contributed by atoms with Crippen molar-refractivity contribution in [2.24, 2.45) is 5.92 Å². The van der Waals surface area contributed by atoms with Crippen LogP contribution in [0, 0.1) is 12.8 Å². The SMILES string of the molecule is COC(=O)c1c(C)cc2c(c1OCC(=O)OCc1ccccc1)[C@]1(O)C(=O)c3cc4c(c(O)c3C(=O)[C@]1(OC)[C@H](O)C2)C(=O)C=C(NC1O[C@@H](C)[C@H](OC)[C@@H](O)[C@H]1CO)C4=O. The summed E-state index contributed by atoms with van der Waals surface area (Å²) in [7, 11) is 3.30. The third kappa shape index (κ3) is 6.53. The molecule has 7 rings (SSSR count). The summed E-state index contributed by atoms with van der Waals surface area (Å²) in [5.41, 5.74) is -9.74. The van der Waals surface area contributed by atoms with Gasteiger partial charge in [-0.3, -0.25) is 19.2 Å². The quantitative estimate of drug-likeness (QED) is 0.145. The second-order valence-electron chi connectivity index (χ2n) is 15.2. The van der Waals surface area contributed by atoms with Gasteiger partial charge in [0.15, 0.2) is 23.6 Å². The Kier molecular flexibility index (Phi) is 11.5. The third-order valence-corrected chi connectivity index (χ3v) is 11.8. The number of aliphatic hydroxyl groups is 4. The van der Waals surface area contributed by atoms with Crippen LogP contribution in [0.1, 0.15) is 81.0 Å². The maximum absolute atomic E-state index is 15.1. The number of nitrogens with one attached hydrogen (secondary N) is 1. The first-order valence-electron chi connectivity index (χ1n) is 19.1. The molecule has 6 N–H and O–H groups in total. The van der Waals surface area contributed by atoms with Gasteiger partial charge in [-0.05, 0) is 36.6 Å². The number of fused-ring (bicyclic) bond motifs is 5. The van der Waals surface area contributed by atoms with Crippen molar-refractivity contribution in [1.82, 2.24) is 5.32 Å². The molecule has 1 unspecified atom stereocenters. The minimum atomic E-state index is -3.31. The summed E-state index contributed by atoms with van der Waals surface area (Å²) in [6, 6.07) is 10.8. The van der Waals surface area contributed by atoms with Gasteiger partial charge < -0.3 is 59.3 Å². The highest BCUT2D eigenvalue weighted by Crippen LogP contribution is 2.57. The number of phenolic OH excluding ortho intramolecular Hbond substituents is 1. The van der Waals surface area contributed by atoms with Crippen molar-refractivity contribution in [3.8, 4) is 11.5 Å². The number of aromatic hydroxyl groups is 1. The summed E-state index contributed by atoms with van der Waals surface area (Å²) in [5, 5.41) is 60.2. The molecule has 3 aromatic rings. The van der Waals surface area contributed by atoms with E-state index in [1.807, 2.05) is 0 Å². The van der Waals surface area contributed by atoms with Crippen LogP contribution in [0.25, 0.3) is 0 Å². The lowest BCUT2D eigenvalue weighted by atomic mass is 9.56. The lowest BCUT2D eigenvalue weighted by Gasteiger charge is -2.53. The van der Waals surface area contributed by atoms with Gasteiger partial charge in [0.2, 0.25) is 17.3 Å². The van der Waals surface area contributed by atoms with E-state index in [0.717, 1.165) is 26.4 Å². The Bertz CT molecular complexity index is 2390. The minimum Gasteiger partial charge on any atom is -0.506 e. The summed E-state index contributed by atoms with van der Waals surface area (Å²) in [5.74, 6) is -9.54. The van der Waals surface area contributed by atoms with E-state index in [-0.39, 0.29) is 23.3 Å². The number of carbonyl (C=O) groups excluding carboxylic acids is 6. The summed E-state index contributed by atoms with van der Waals surface area (Å²) in [4.78, 5) is 84.3. The third-order valence-electron chi connectivity index (χ3n) is 11.8. The molecule has 4 aliphatic rings. The van der Waals surface area contributed by atoms with Crippen LogP contribution in [-0.4, -0.2) is 131 Å². The Morgan fingerprint density at radius 2 is 1.69 bits per heavy atom. The number of hydrogen-bond donors (Lipinski definition) is 6. The van der Waals surface area contributed by atoms with Crippen molar-refractivity contribution in [3.05, 3.63) is 104 Å². The van der Waals surface area contributed by atoms with E-state index in [2.05, 4.69) is 5.32 Å². The number of ether oxygens (including phenoxy) is 6. The molecule has 3 aliphatic carbocycles. The zero-order valence-corrected chi connectivity index (χ0v) is 33.5. The number of benzene rings is 3. The number of esters is 2. The van der Waals surface area contributed by atoms with Gasteiger partial charge in [0.25, 0.3) is 0 Å². The topological polar surface area (TPSA) is 271 Å². The summed E-state index contributed by atoms with van der Waals surface area (Å²) in [6.45, 7) is 1.38. The maximum atomic E-state index is 15.1. The van der Waals surface area contributed by atoms with Crippen LogP contribution in [0.15, 0.2) is 54.2 Å². The zero-order chi connectivity index (χ0) is 44.3. The molecule has 1 saturated heterocycles. The van der Waals surface area contributed by atoms with E-state index >= 15 is 4.79 Å². The van der Waals surface area contributed by atoms with Crippen molar-refractivity contribution >= 4 is 35.1 Å². The predicted molar refractivity (Wildman–Crippen MR) is 206 cm³/mol. The molecule has 1 heterocycles. The van der Waals surface area contributed by atoms with Gasteiger partial charge in [-0.25, -0.2) is 9.59 Å². The highest BCUT2D eigenvalue weighted by atomic mass is 16.6. The fourth-order valence-electron chi connectivity index (χ4n) is 8.92. The van der Waals surface area contributed by atoms with Crippen molar-refractivity contribution in [2.75, 3.05) is 34.5 Å². The molecule has 0 saturated carbocycles. The molecule has 0 aromatic heterocycles. The average molecular weight is 846 g/mol. The van der Waals surface area contributed by atoms with Crippen molar-refractivity contribution in [3.63, 3.8) is 0 Å². The fraction of sp³-hybridized carbons (Fsp3) is 0.395. The zero-order valence-electron chi connectivity index (χ0n) is 33.5. The van der Waals surface area contributed by atoms with E-state index in [9.17, 15) is 49.5 Å². The lowest BCUT2D eigenvalue weighted by molar-refractivity contribution is -0.214. The van der Waals surface area contributed by atoms with Crippen LogP contribution in [-0.2, 0) is 47.1 Å². The lowest BCUT2D eigenvalue weighted by Crippen LogP contribution is -2.73. The Labute approximate surface area is 347 Å². The van der Waals surface area contributed by atoms with E-state index in [1.165, 1.54) is 20.1 Å². The first-order valence-corrected chi connectivity index (χ1v) is 19.1. The number of hydrogen-bond acceptors (Lipinski definition) is 18. The second-order valence-corrected chi connectivity index (χ2v) is 15.2. The molecule has 18 heteroatoms. The molecular weight excluding hydrogens is 802 g/mol. The van der Waals surface area contributed by atoms with Crippen LogP contribution < -0.4 is 10.1 Å². The number of aliphatic hydroxyl groups excluding tert-OH is 3. The predicted octanol–water partition coefficient (Wildman–Crippen LogP) is 0.760. The second kappa shape index (κ2) is 16.2. The van der Waals surface area contributed by atoms with Gasteiger partial charge in [0.05, 0.1) is 54.8 Å². The van der Waals surface area contributed by atoms with Crippen LogP contribution >= 0.6 is 0 Å². The van der Waals surface area contributed by atoms with E-state index in [4.69, 9.17) is 28.4 Å². The molecule has 0 bridgehead atoms. The number of carbonyl (C=O) groups is 6. The van der Waals surface area contributed by atoms with Crippen LogP contribution in [0.5, 0.6) is 11.5 Å². The van der Waals surface area contributed by atoms with E-state index in [1.54, 1.807) is 37.3 Å². The number of phenols is 1. The molecule has 0 spiro atoms. The number of rotatable bonds is 11. The summed E-state index contributed by atoms with van der Waals surface area (Å²) in [6.07, 6.45) is -5.84. The standard InChI is InChI=1S/C43H43NO17/c1-18-11-21-12-27(47)43(58-5)39(53)31-23(13-22-30(35(31)51)26(46)14-25(33(22)49)44-40-24(15-45)34(50)36(56-3)19(2)61-40)38(52)42(43,55)32(21)37(29(18)41(54)57-4)60-17-28(48)59-16-20-9-7-6-8-10-20/h6-11,13-14,19,24,27,34,36,40,44-45,47,50-51,55H,12,15-17H2,1-5H3/t19-,24+,27+,34-,36-,40?,42-,43+/m0/s1. The maximum Gasteiger partial charge on any atom is 0.344 e. The number of allylic oxidation sites excluding steroid dienone is 2. The molecule has 1 fully saturated rings. The van der Waals surface area contributed by atoms with Crippen molar-refractivity contribution in [2.45, 2.75) is 68.7 Å². The molecular formula is C43H43NO17. The highest BCUT2D eigenvalue weighted by Gasteiger charge is 2.73. The highest BCUT2D eigenvalue weighted by molar-refractivity contribution is 6.31. The molecule has 322 valence electrons. The van der Waals surface area contributed by atoms with Crippen molar-refractivity contribution in [1.29, 1.82) is 0 Å². The Hall–Kier alpha value is -5.86. The first kappa shape index (κ1) is 43.2. The van der Waals surface area contributed by atoms with Crippen molar-refractivity contribution < 1.29 is 82.7 Å². The monoisotopic (exact) mass is 845 g/mol. The summed E-state index contributed by atoms with van der Waals surface area (Å²) >= 11 is 0. The molecule has 8 atom stereocenters. The van der Waals surface area contributed by atoms with Gasteiger partial charge in [-0.1, -0.05) is 36.4 Å². The normalized spacial score (nSPS) is 27.9. The van der Waals surface area contributed by atoms with Gasteiger partial charge in [0, 0.05) is 43.4 Å². The fourth-order valence-corrected chi connectivity index (χ4v) is 8.92. The molecule has 3 aromatic carbocycles. The van der Waals surface area contributed by atoms with Gasteiger partial charge >= 0.3 is 11.9 Å². The molecule has 0 radical (unpaired) electrons. The number of ketones is 4. The van der Waals surface area contributed by atoms with E-state index < -0.39 is 147 Å². The van der Waals surface area contributed by atoms with Gasteiger partial charge in [-0.2, -0.15) is 0 Å². The smallest absolute Gasteiger partial charge is 0.344 e. The van der Waals surface area contributed by atoms with Crippen LogP contribution in [0.3, 0.4) is 0 Å². The molecule has 61 heavy (non-hydrogen) atoms. The largest absolute Gasteiger partial charge is 0.506 e. The summed E-state index contributed by atoms with van der Waals surface area (Å²) < 4.78 is 33.1. The Balaban J connectivity index is 1.34. The number of Topliss-reactive ketones (excluding diaryl/α,β-unsaturated/α-hetero) is 3. The van der Waals surface area contributed by atoms with Gasteiger partial charge in [0.1, 0.15) is 36.0 Å². The first-order chi connectivity index (χ1) is 29.0. The Morgan fingerprint density at radius 1 is 0.984 bits per heavy atom. The van der Waals surface area contributed by atoms with Crippen LogP contribution in [0.2, 0.25) is 0 Å². The van der Waals surface area contributed by atoms with E-state index in [0.29, 0.717) is 5.56 Å². The molecule has 0 amide bonds. The van der Waals surface area contributed by atoms with Gasteiger partial charge in [-0.15, -0.1) is 0 Å². The molecule has 1 aliphatic heterocycles.